The lowest BCUT2D eigenvalue weighted by molar-refractivity contribution is 0.539. The van der Waals surface area contributed by atoms with Gasteiger partial charge in [-0.2, -0.15) is 5.10 Å². The van der Waals surface area contributed by atoms with E-state index in [9.17, 15) is 4.39 Å². The van der Waals surface area contributed by atoms with Crippen molar-refractivity contribution < 1.29 is 4.39 Å². The van der Waals surface area contributed by atoms with E-state index in [1.165, 1.54) is 18.5 Å². The number of aromatic nitrogens is 3. The summed E-state index contributed by atoms with van der Waals surface area (Å²) in [7, 11) is 1.83. The van der Waals surface area contributed by atoms with Gasteiger partial charge in [-0.15, -0.1) is 0 Å². The summed E-state index contributed by atoms with van der Waals surface area (Å²) in [6.07, 6.45) is 1.51. The van der Waals surface area contributed by atoms with Crippen LogP contribution in [-0.4, -0.2) is 14.8 Å². The monoisotopic (exact) mass is 268 g/mol. The molecule has 0 aliphatic heterocycles. The lowest BCUT2D eigenvalue weighted by atomic mass is 10.1. The molecular formula is C12H14ClFN4. The Morgan fingerprint density at radius 1 is 1.50 bits per heavy atom. The van der Waals surface area contributed by atoms with E-state index in [0.717, 1.165) is 11.4 Å². The standard InChI is InChI=1S/C12H14ClFN4/c1-8(10-4-3-9(14)5-11(10)13)15-6-12-16-7-17-18(12)2/h3-5,7-8,15H,6H2,1-2H3. The van der Waals surface area contributed by atoms with Crippen molar-refractivity contribution in [3.8, 4) is 0 Å². The number of aryl methyl sites for hydroxylation is 1. The summed E-state index contributed by atoms with van der Waals surface area (Å²) in [6.45, 7) is 2.54. The van der Waals surface area contributed by atoms with E-state index in [1.54, 1.807) is 10.7 Å². The molecule has 0 saturated carbocycles. The van der Waals surface area contributed by atoms with Crippen molar-refractivity contribution in [2.24, 2.45) is 7.05 Å². The molecule has 0 fully saturated rings. The minimum Gasteiger partial charge on any atom is -0.303 e. The van der Waals surface area contributed by atoms with E-state index in [1.807, 2.05) is 14.0 Å². The molecule has 2 rings (SSSR count). The molecule has 0 radical (unpaired) electrons. The number of hydrogen-bond acceptors (Lipinski definition) is 3. The summed E-state index contributed by atoms with van der Waals surface area (Å²) in [5.74, 6) is 0.504. The second-order valence-corrected chi connectivity index (χ2v) is 4.48. The molecular weight excluding hydrogens is 255 g/mol. The average Bonchev–Trinajstić information content (AvgIpc) is 2.72. The first-order valence-electron chi connectivity index (χ1n) is 5.59. The van der Waals surface area contributed by atoms with Gasteiger partial charge in [0.1, 0.15) is 18.0 Å². The van der Waals surface area contributed by atoms with Gasteiger partial charge in [-0.05, 0) is 24.6 Å². The first kappa shape index (κ1) is 13.0. The number of nitrogens with zero attached hydrogens (tertiary/aromatic N) is 3. The summed E-state index contributed by atoms with van der Waals surface area (Å²) in [5.41, 5.74) is 0.861. The summed E-state index contributed by atoms with van der Waals surface area (Å²) in [4.78, 5) is 4.11. The quantitative estimate of drug-likeness (QED) is 0.926. The Labute approximate surface area is 110 Å². The zero-order valence-corrected chi connectivity index (χ0v) is 10.9. The summed E-state index contributed by atoms with van der Waals surface area (Å²) in [6, 6.07) is 4.42. The van der Waals surface area contributed by atoms with Gasteiger partial charge < -0.3 is 5.32 Å². The fourth-order valence-electron chi connectivity index (χ4n) is 1.69. The van der Waals surface area contributed by atoms with Gasteiger partial charge in [-0.3, -0.25) is 4.68 Å². The highest BCUT2D eigenvalue weighted by Gasteiger charge is 2.11. The Morgan fingerprint density at radius 3 is 2.89 bits per heavy atom. The van der Waals surface area contributed by atoms with Gasteiger partial charge in [0.05, 0.1) is 6.54 Å². The van der Waals surface area contributed by atoms with Crippen LogP contribution >= 0.6 is 11.6 Å². The second-order valence-electron chi connectivity index (χ2n) is 4.07. The van der Waals surface area contributed by atoms with Gasteiger partial charge in [0.25, 0.3) is 0 Å². The van der Waals surface area contributed by atoms with Crippen LogP contribution in [0.3, 0.4) is 0 Å². The SMILES string of the molecule is CC(NCc1ncnn1C)c1ccc(F)cc1Cl. The van der Waals surface area contributed by atoms with E-state index in [4.69, 9.17) is 11.6 Å². The molecule has 4 nitrogen and oxygen atoms in total. The lowest BCUT2D eigenvalue weighted by Crippen LogP contribution is -2.20. The van der Waals surface area contributed by atoms with Crippen LogP contribution in [0.2, 0.25) is 5.02 Å². The van der Waals surface area contributed by atoms with Crippen molar-refractivity contribution in [3.05, 3.63) is 46.8 Å². The Bertz CT molecular complexity index is 541. The highest BCUT2D eigenvalue weighted by Crippen LogP contribution is 2.23. The van der Waals surface area contributed by atoms with Crippen LogP contribution < -0.4 is 5.32 Å². The third kappa shape index (κ3) is 2.86. The number of halogens is 2. The molecule has 2 aromatic rings. The Morgan fingerprint density at radius 2 is 2.28 bits per heavy atom. The molecule has 0 aliphatic carbocycles. The Kier molecular flexibility index (Phi) is 3.93. The van der Waals surface area contributed by atoms with Crippen LogP contribution in [-0.2, 0) is 13.6 Å². The molecule has 0 aliphatic rings. The van der Waals surface area contributed by atoms with Gasteiger partial charge in [0.2, 0.25) is 0 Å². The van der Waals surface area contributed by atoms with Gasteiger partial charge in [-0.1, -0.05) is 17.7 Å². The van der Waals surface area contributed by atoms with Crippen LogP contribution in [0.4, 0.5) is 4.39 Å². The lowest BCUT2D eigenvalue weighted by Gasteiger charge is -2.15. The van der Waals surface area contributed by atoms with Crippen LogP contribution in [0.5, 0.6) is 0 Å². The molecule has 1 aromatic heterocycles. The van der Waals surface area contributed by atoms with E-state index in [2.05, 4.69) is 15.4 Å². The van der Waals surface area contributed by atoms with Crippen molar-refractivity contribution >= 4 is 11.6 Å². The number of hydrogen-bond donors (Lipinski definition) is 1. The first-order valence-corrected chi connectivity index (χ1v) is 5.97. The minimum atomic E-state index is -0.329. The van der Waals surface area contributed by atoms with Crippen molar-refractivity contribution in [1.29, 1.82) is 0 Å². The highest BCUT2D eigenvalue weighted by molar-refractivity contribution is 6.31. The Hall–Kier alpha value is -1.46. The molecule has 1 heterocycles. The largest absolute Gasteiger partial charge is 0.303 e. The molecule has 96 valence electrons. The predicted molar refractivity (Wildman–Crippen MR) is 67.7 cm³/mol. The normalized spacial score (nSPS) is 12.7. The van der Waals surface area contributed by atoms with Crippen LogP contribution in [0, 0.1) is 5.82 Å². The van der Waals surface area contributed by atoms with Gasteiger partial charge >= 0.3 is 0 Å². The Balaban J connectivity index is 2.03. The van der Waals surface area contributed by atoms with Crippen LogP contribution in [0.15, 0.2) is 24.5 Å². The second kappa shape index (κ2) is 5.46. The maximum atomic E-state index is 12.9. The zero-order chi connectivity index (χ0) is 13.1. The van der Waals surface area contributed by atoms with E-state index in [0.29, 0.717) is 11.6 Å². The molecule has 1 atom stereocenters. The van der Waals surface area contributed by atoms with E-state index >= 15 is 0 Å². The molecule has 1 unspecified atom stereocenters. The predicted octanol–water partition coefficient (Wildman–Crippen LogP) is 2.46. The maximum Gasteiger partial charge on any atom is 0.140 e. The third-order valence-corrected chi connectivity index (χ3v) is 3.13. The van der Waals surface area contributed by atoms with Crippen LogP contribution in [0.25, 0.3) is 0 Å². The third-order valence-electron chi connectivity index (χ3n) is 2.80. The molecule has 0 saturated heterocycles. The molecule has 18 heavy (non-hydrogen) atoms. The van der Waals surface area contributed by atoms with Crippen LogP contribution in [0.1, 0.15) is 24.4 Å². The molecule has 0 bridgehead atoms. The van der Waals surface area contributed by atoms with Crippen molar-refractivity contribution in [3.63, 3.8) is 0 Å². The topological polar surface area (TPSA) is 42.7 Å². The van der Waals surface area contributed by atoms with Crippen molar-refractivity contribution in [1.82, 2.24) is 20.1 Å². The number of nitrogens with one attached hydrogen (secondary N) is 1. The summed E-state index contributed by atoms with van der Waals surface area (Å²) >= 11 is 6.00. The molecule has 0 spiro atoms. The van der Waals surface area contributed by atoms with Gasteiger partial charge in [0.15, 0.2) is 0 Å². The maximum absolute atomic E-state index is 12.9. The molecule has 1 N–H and O–H groups in total. The van der Waals surface area contributed by atoms with Crippen molar-refractivity contribution in [2.75, 3.05) is 0 Å². The molecule has 0 amide bonds. The fraction of sp³-hybridized carbons (Fsp3) is 0.333. The fourth-order valence-corrected chi connectivity index (χ4v) is 2.02. The smallest absolute Gasteiger partial charge is 0.140 e. The highest BCUT2D eigenvalue weighted by atomic mass is 35.5. The number of benzene rings is 1. The van der Waals surface area contributed by atoms with E-state index in [-0.39, 0.29) is 11.9 Å². The molecule has 1 aromatic carbocycles. The minimum absolute atomic E-state index is 0.00907. The zero-order valence-electron chi connectivity index (χ0n) is 10.2. The summed E-state index contributed by atoms with van der Waals surface area (Å²) in [5, 5.41) is 7.68. The number of rotatable bonds is 4. The summed E-state index contributed by atoms with van der Waals surface area (Å²) < 4.78 is 14.6. The molecule has 6 heteroatoms. The first-order chi connectivity index (χ1) is 8.58. The van der Waals surface area contributed by atoms with Crippen molar-refractivity contribution in [2.45, 2.75) is 19.5 Å². The average molecular weight is 269 g/mol. The van der Waals surface area contributed by atoms with E-state index < -0.39 is 0 Å². The van der Waals surface area contributed by atoms with Gasteiger partial charge in [0, 0.05) is 18.1 Å². The van der Waals surface area contributed by atoms with Gasteiger partial charge in [-0.25, -0.2) is 9.37 Å².